The quantitative estimate of drug-likeness (QED) is 0.773. The molecule has 1 aliphatic heterocycles. The fourth-order valence-corrected chi connectivity index (χ4v) is 1.76. The Morgan fingerprint density at radius 3 is 2.75 bits per heavy atom. The predicted molar refractivity (Wildman–Crippen MR) is 51.0 cm³/mol. The van der Waals surface area contributed by atoms with E-state index in [0.29, 0.717) is 0 Å². The minimum absolute atomic E-state index is 0.112. The highest BCUT2D eigenvalue weighted by atomic mass is 19.1. The number of benzene rings is 1. The van der Waals surface area contributed by atoms with Crippen LogP contribution in [0, 0.1) is 11.7 Å². The van der Waals surface area contributed by atoms with Crippen molar-refractivity contribution in [2.24, 2.45) is 5.92 Å². The van der Waals surface area contributed by atoms with Crippen molar-refractivity contribution in [3.05, 3.63) is 35.6 Å². The Morgan fingerprint density at radius 2 is 2.12 bits per heavy atom. The molecule has 0 saturated carbocycles. The molecule has 4 nitrogen and oxygen atoms in total. The van der Waals surface area contributed by atoms with Crippen LogP contribution < -0.4 is 0 Å². The first-order valence-electron chi connectivity index (χ1n) is 4.76. The lowest BCUT2D eigenvalue weighted by Crippen LogP contribution is -2.18. The van der Waals surface area contributed by atoms with Crippen LogP contribution in [-0.4, -0.2) is 17.0 Å². The highest BCUT2D eigenvalue weighted by Gasteiger charge is 2.41. The number of aliphatic carboxylic acids is 1. The van der Waals surface area contributed by atoms with Crippen LogP contribution in [0.3, 0.4) is 0 Å². The van der Waals surface area contributed by atoms with Gasteiger partial charge in [-0.15, -0.1) is 0 Å². The summed E-state index contributed by atoms with van der Waals surface area (Å²) in [6, 6.07) is 5.70. The lowest BCUT2D eigenvalue weighted by atomic mass is 9.95. The number of esters is 1. The second-order valence-electron chi connectivity index (χ2n) is 3.58. The van der Waals surface area contributed by atoms with Crippen molar-refractivity contribution >= 4 is 11.9 Å². The van der Waals surface area contributed by atoms with Crippen LogP contribution in [0.2, 0.25) is 0 Å². The van der Waals surface area contributed by atoms with Gasteiger partial charge in [0, 0.05) is 5.56 Å². The summed E-state index contributed by atoms with van der Waals surface area (Å²) in [5.74, 6) is -3.34. The van der Waals surface area contributed by atoms with Crippen LogP contribution in [-0.2, 0) is 14.3 Å². The Bertz CT molecular complexity index is 443. The molecule has 1 saturated heterocycles. The van der Waals surface area contributed by atoms with Crippen LogP contribution in [0.4, 0.5) is 4.39 Å². The predicted octanol–water partition coefficient (Wildman–Crippen LogP) is 1.51. The Hall–Kier alpha value is -1.91. The van der Waals surface area contributed by atoms with Crippen molar-refractivity contribution in [2.45, 2.75) is 12.5 Å². The molecule has 0 aliphatic carbocycles. The molecule has 16 heavy (non-hydrogen) atoms. The number of ether oxygens (including phenoxy) is 1. The van der Waals surface area contributed by atoms with Crippen molar-refractivity contribution in [1.82, 2.24) is 0 Å². The molecule has 1 aromatic carbocycles. The number of carboxylic acids is 1. The van der Waals surface area contributed by atoms with E-state index in [2.05, 4.69) is 0 Å². The number of hydrogen-bond acceptors (Lipinski definition) is 3. The summed E-state index contributed by atoms with van der Waals surface area (Å²) in [6.07, 6.45) is -1.24. The number of carbonyl (C=O) groups is 2. The van der Waals surface area contributed by atoms with Crippen LogP contribution in [0.15, 0.2) is 24.3 Å². The van der Waals surface area contributed by atoms with Crippen molar-refractivity contribution in [2.75, 3.05) is 0 Å². The van der Waals surface area contributed by atoms with Crippen molar-refractivity contribution in [3.63, 3.8) is 0 Å². The van der Waals surface area contributed by atoms with E-state index in [-0.39, 0.29) is 12.0 Å². The molecule has 5 heteroatoms. The lowest BCUT2D eigenvalue weighted by Gasteiger charge is -2.14. The van der Waals surface area contributed by atoms with Gasteiger partial charge in [0.1, 0.15) is 17.8 Å². The van der Waals surface area contributed by atoms with E-state index in [1.54, 1.807) is 6.07 Å². The summed E-state index contributed by atoms with van der Waals surface area (Å²) in [4.78, 5) is 21.9. The number of rotatable bonds is 2. The number of cyclic esters (lactones) is 1. The molecule has 2 rings (SSSR count). The molecule has 0 amide bonds. The molecule has 0 radical (unpaired) electrons. The van der Waals surface area contributed by atoms with E-state index in [4.69, 9.17) is 9.84 Å². The van der Waals surface area contributed by atoms with Gasteiger partial charge in [0.25, 0.3) is 0 Å². The van der Waals surface area contributed by atoms with Gasteiger partial charge in [0.15, 0.2) is 0 Å². The van der Waals surface area contributed by atoms with Crippen LogP contribution >= 0.6 is 0 Å². The summed E-state index contributed by atoms with van der Waals surface area (Å²) in [5.41, 5.74) is 0.112. The lowest BCUT2D eigenvalue weighted by molar-refractivity contribution is -0.144. The Kier molecular flexibility index (Phi) is 2.60. The Morgan fingerprint density at radius 1 is 1.44 bits per heavy atom. The van der Waals surface area contributed by atoms with E-state index in [0.717, 1.165) is 0 Å². The molecule has 0 aromatic heterocycles. The normalized spacial score (nSPS) is 24.2. The van der Waals surface area contributed by atoms with Crippen LogP contribution in [0.5, 0.6) is 0 Å². The standard InChI is InChI=1S/C11H9FO4/c12-8-4-2-1-3-6(8)10-7(11(14)15)5-9(13)16-10/h1-4,7,10H,5H2,(H,14,15)/t7-,10-/m1/s1. The van der Waals surface area contributed by atoms with Crippen LogP contribution in [0.25, 0.3) is 0 Å². The summed E-state index contributed by atoms with van der Waals surface area (Å²) >= 11 is 0. The van der Waals surface area contributed by atoms with Gasteiger partial charge in [-0.25, -0.2) is 4.39 Å². The van der Waals surface area contributed by atoms with E-state index in [9.17, 15) is 14.0 Å². The molecule has 1 fully saturated rings. The van der Waals surface area contributed by atoms with E-state index < -0.39 is 29.8 Å². The average molecular weight is 224 g/mol. The zero-order valence-corrected chi connectivity index (χ0v) is 8.22. The third kappa shape index (κ3) is 1.76. The fourth-order valence-electron chi connectivity index (χ4n) is 1.76. The monoisotopic (exact) mass is 224 g/mol. The molecular formula is C11H9FO4. The van der Waals surface area contributed by atoms with Gasteiger partial charge in [0.2, 0.25) is 0 Å². The molecule has 1 heterocycles. The summed E-state index contributed by atoms with van der Waals surface area (Å²) in [7, 11) is 0. The maximum Gasteiger partial charge on any atom is 0.311 e. The van der Waals surface area contributed by atoms with Gasteiger partial charge in [-0.2, -0.15) is 0 Å². The van der Waals surface area contributed by atoms with Gasteiger partial charge >= 0.3 is 11.9 Å². The average Bonchev–Trinajstić information content (AvgIpc) is 2.61. The van der Waals surface area contributed by atoms with Gasteiger partial charge in [-0.05, 0) is 6.07 Å². The topological polar surface area (TPSA) is 63.6 Å². The smallest absolute Gasteiger partial charge is 0.311 e. The largest absolute Gasteiger partial charge is 0.481 e. The zero-order chi connectivity index (χ0) is 11.7. The maximum absolute atomic E-state index is 13.4. The van der Waals surface area contributed by atoms with Crippen LogP contribution in [0.1, 0.15) is 18.1 Å². The highest BCUT2D eigenvalue weighted by molar-refractivity contribution is 5.82. The third-order valence-corrected chi connectivity index (χ3v) is 2.54. The Labute approximate surface area is 90.6 Å². The molecule has 1 aliphatic rings. The number of carbonyl (C=O) groups excluding carboxylic acids is 1. The van der Waals surface area contributed by atoms with E-state index in [1.807, 2.05) is 0 Å². The van der Waals surface area contributed by atoms with Crippen molar-refractivity contribution in [3.8, 4) is 0 Å². The van der Waals surface area contributed by atoms with Gasteiger partial charge in [-0.3, -0.25) is 9.59 Å². The van der Waals surface area contributed by atoms with Gasteiger partial charge in [0.05, 0.1) is 6.42 Å². The molecule has 1 N–H and O–H groups in total. The van der Waals surface area contributed by atoms with Gasteiger partial charge in [-0.1, -0.05) is 18.2 Å². The first-order valence-corrected chi connectivity index (χ1v) is 4.76. The number of halogens is 1. The number of carboxylic acid groups (broad SMARTS) is 1. The molecule has 0 spiro atoms. The van der Waals surface area contributed by atoms with Gasteiger partial charge < -0.3 is 9.84 Å². The first kappa shape index (κ1) is 10.6. The number of hydrogen-bond donors (Lipinski definition) is 1. The van der Waals surface area contributed by atoms with Crippen molar-refractivity contribution in [1.29, 1.82) is 0 Å². The second-order valence-corrected chi connectivity index (χ2v) is 3.58. The summed E-state index contributed by atoms with van der Waals surface area (Å²) in [6.45, 7) is 0. The third-order valence-electron chi connectivity index (χ3n) is 2.54. The minimum atomic E-state index is -1.15. The minimum Gasteiger partial charge on any atom is -0.481 e. The van der Waals surface area contributed by atoms with Crippen molar-refractivity contribution < 1.29 is 23.8 Å². The summed E-state index contributed by atoms with van der Waals surface area (Å²) < 4.78 is 18.3. The second kappa shape index (κ2) is 3.92. The molecule has 0 bridgehead atoms. The maximum atomic E-state index is 13.4. The molecular weight excluding hydrogens is 215 g/mol. The Balaban J connectivity index is 2.36. The molecule has 2 atom stereocenters. The molecule has 0 unspecified atom stereocenters. The van der Waals surface area contributed by atoms with E-state index >= 15 is 0 Å². The van der Waals surface area contributed by atoms with E-state index in [1.165, 1.54) is 18.2 Å². The zero-order valence-electron chi connectivity index (χ0n) is 8.22. The SMILES string of the molecule is O=C1C[C@@H](C(=O)O)[C@@H](c2ccccc2F)O1. The fraction of sp³-hybridized carbons (Fsp3) is 0.273. The molecule has 1 aromatic rings. The highest BCUT2D eigenvalue weighted by Crippen LogP contribution is 2.36. The first-order chi connectivity index (χ1) is 7.59. The molecule has 84 valence electrons. The summed E-state index contributed by atoms with van der Waals surface area (Å²) in [5, 5.41) is 8.90.